The third-order valence-electron chi connectivity index (χ3n) is 2.93. The average Bonchev–Trinajstić information content (AvgIpc) is 2.46. The van der Waals surface area contributed by atoms with Gasteiger partial charge in [0.1, 0.15) is 0 Å². The maximum absolute atomic E-state index is 12.2. The number of aliphatic carboxylic acids is 1. The standard InChI is InChI=1S/C12H15N3O4/c1-14(9-3-2-4-13-7-9)12(18)15-5-6-19-10(8-15)11(16)17/h2-4,7,10H,5-6,8H2,1H3,(H,16,17). The molecule has 1 N–H and O–H groups in total. The van der Waals surface area contributed by atoms with Crippen molar-refractivity contribution in [2.75, 3.05) is 31.6 Å². The zero-order valence-electron chi connectivity index (χ0n) is 10.5. The molecule has 0 aliphatic carbocycles. The van der Waals surface area contributed by atoms with Gasteiger partial charge < -0.3 is 14.7 Å². The van der Waals surface area contributed by atoms with Crippen LogP contribution in [-0.4, -0.2) is 59.8 Å². The minimum atomic E-state index is -1.05. The largest absolute Gasteiger partial charge is 0.479 e. The number of amides is 2. The molecule has 1 aromatic heterocycles. The molecule has 0 bridgehead atoms. The summed E-state index contributed by atoms with van der Waals surface area (Å²) in [6, 6.07) is 3.24. The third-order valence-corrected chi connectivity index (χ3v) is 2.93. The Labute approximate surface area is 110 Å². The molecule has 0 spiro atoms. The van der Waals surface area contributed by atoms with E-state index < -0.39 is 12.1 Å². The van der Waals surface area contributed by atoms with Crippen molar-refractivity contribution in [3.8, 4) is 0 Å². The van der Waals surface area contributed by atoms with Crippen molar-refractivity contribution in [2.45, 2.75) is 6.10 Å². The molecule has 1 aromatic rings. The van der Waals surface area contributed by atoms with E-state index in [0.717, 1.165) is 0 Å². The van der Waals surface area contributed by atoms with Crippen LogP contribution in [0, 0.1) is 0 Å². The summed E-state index contributed by atoms with van der Waals surface area (Å²) >= 11 is 0. The molecule has 102 valence electrons. The number of carbonyl (C=O) groups excluding carboxylic acids is 1. The van der Waals surface area contributed by atoms with Gasteiger partial charge in [0.2, 0.25) is 0 Å². The van der Waals surface area contributed by atoms with E-state index in [9.17, 15) is 9.59 Å². The fraction of sp³-hybridized carbons (Fsp3) is 0.417. The van der Waals surface area contributed by atoms with Gasteiger partial charge in [-0.25, -0.2) is 9.59 Å². The summed E-state index contributed by atoms with van der Waals surface area (Å²) in [4.78, 5) is 30.0. The molecule has 19 heavy (non-hydrogen) atoms. The van der Waals surface area contributed by atoms with Crippen LogP contribution in [-0.2, 0) is 9.53 Å². The number of carboxylic acids is 1. The number of anilines is 1. The van der Waals surface area contributed by atoms with E-state index >= 15 is 0 Å². The van der Waals surface area contributed by atoms with E-state index in [4.69, 9.17) is 9.84 Å². The maximum Gasteiger partial charge on any atom is 0.334 e. The molecule has 1 unspecified atom stereocenters. The molecule has 2 amide bonds. The van der Waals surface area contributed by atoms with Crippen LogP contribution in [0.3, 0.4) is 0 Å². The number of carboxylic acid groups (broad SMARTS) is 1. The molecule has 1 atom stereocenters. The Balaban J connectivity index is 2.05. The van der Waals surface area contributed by atoms with Gasteiger partial charge in [-0.2, -0.15) is 0 Å². The molecule has 1 aliphatic rings. The number of hydrogen-bond acceptors (Lipinski definition) is 4. The van der Waals surface area contributed by atoms with Gasteiger partial charge in [-0.1, -0.05) is 0 Å². The lowest BCUT2D eigenvalue weighted by Crippen LogP contribution is -2.52. The van der Waals surface area contributed by atoms with Crippen molar-refractivity contribution in [3.63, 3.8) is 0 Å². The number of nitrogens with zero attached hydrogens (tertiary/aromatic N) is 3. The second kappa shape index (κ2) is 5.66. The third kappa shape index (κ3) is 3.00. The van der Waals surface area contributed by atoms with E-state index in [1.54, 1.807) is 31.6 Å². The molecule has 2 rings (SSSR count). The zero-order chi connectivity index (χ0) is 13.8. The molecule has 0 aromatic carbocycles. The summed E-state index contributed by atoms with van der Waals surface area (Å²) in [6.45, 7) is 0.662. The lowest BCUT2D eigenvalue weighted by Gasteiger charge is -2.33. The van der Waals surface area contributed by atoms with E-state index in [-0.39, 0.29) is 19.2 Å². The maximum atomic E-state index is 12.2. The number of urea groups is 1. The number of pyridine rings is 1. The van der Waals surface area contributed by atoms with Crippen molar-refractivity contribution < 1.29 is 19.4 Å². The highest BCUT2D eigenvalue weighted by Crippen LogP contribution is 2.14. The summed E-state index contributed by atoms with van der Waals surface area (Å²) in [7, 11) is 1.63. The Kier molecular flexibility index (Phi) is 3.96. The Bertz CT molecular complexity index is 465. The van der Waals surface area contributed by atoms with Crippen LogP contribution in [0.4, 0.5) is 10.5 Å². The minimum absolute atomic E-state index is 0.0543. The number of hydrogen-bond donors (Lipinski definition) is 1. The average molecular weight is 265 g/mol. The molecule has 2 heterocycles. The monoisotopic (exact) mass is 265 g/mol. The van der Waals surface area contributed by atoms with E-state index in [0.29, 0.717) is 12.2 Å². The number of morpholine rings is 1. The fourth-order valence-corrected chi connectivity index (χ4v) is 1.85. The molecule has 1 aliphatic heterocycles. The van der Waals surface area contributed by atoms with Crippen LogP contribution < -0.4 is 4.90 Å². The van der Waals surface area contributed by atoms with Crippen LogP contribution in [0.2, 0.25) is 0 Å². The van der Waals surface area contributed by atoms with Crippen molar-refractivity contribution in [2.24, 2.45) is 0 Å². The van der Waals surface area contributed by atoms with Gasteiger partial charge in [0.15, 0.2) is 6.10 Å². The van der Waals surface area contributed by atoms with E-state index in [1.165, 1.54) is 9.80 Å². The van der Waals surface area contributed by atoms with E-state index in [1.807, 2.05) is 0 Å². The summed E-state index contributed by atoms with van der Waals surface area (Å²) in [5.74, 6) is -1.05. The number of rotatable bonds is 2. The first-order valence-electron chi connectivity index (χ1n) is 5.86. The van der Waals surface area contributed by atoms with Crippen LogP contribution in [0.25, 0.3) is 0 Å². The van der Waals surface area contributed by atoms with Crippen molar-refractivity contribution >= 4 is 17.7 Å². The molecule has 0 radical (unpaired) electrons. The van der Waals surface area contributed by atoms with Gasteiger partial charge in [-0.15, -0.1) is 0 Å². The van der Waals surface area contributed by atoms with Crippen molar-refractivity contribution in [1.82, 2.24) is 9.88 Å². The SMILES string of the molecule is CN(C(=O)N1CCOC(C(=O)O)C1)c1cccnc1. The van der Waals surface area contributed by atoms with Crippen LogP contribution in [0.1, 0.15) is 0 Å². The zero-order valence-corrected chi connectivity index (χ0v) is 10.5. The predicted molar refractivity (Wildman–Crippen MR) is 67.0 cm³/mol. The molecular formula is C12H15N3O4. The van der Waals surface area contributed by atoms with Crippen molar-refractivity contribution in [1.29, 1.82) is 0 Å². The molecular weight excluding hydrogens is 250 g/mol. The predicted octanol–water partition coefficient (Wildman–Crippen LogP) is 0.423. The van der Waals surface area contributed by atoms with Gasteiger partial charge in [0.05, 0.1) is 25.0 Å². The summed E-state index contributed by atoms with van der Waals surface area (Å²) in [5.41, 5.74) is 0.658. The van der Waals surface area contributed by atoms with Gasteiger partial charge in [-0.05, 0) is 12.1 Å². The van der Waals surface area contributed by atoms with Crippen molar-refractivity contribution in [3.05, 3.63) is 24.5 Å². The summed E-state index contributed by atoms with van der Waals surface area (Å²) < 4.78 is 5.08. The number of carbonyl (C=O) groups is 2. The Morgan fingerprint density at radius 2 is 2.37 bits per heavy atom. The van der Waals surface area contributed by atoms with E-state index in [2.05, 4.69) is 4.98 Å². The highest BCUT2D eigenvalue weighted by atomic mass is 16.5. The number of ether oxygens (including phenoxy) is 1. The Hall–Kier alpha value is -2.15. The lowest BCUT2D eigenvalue weighted by atomic mass is 10.3. The molecule has 0 saturated carbocycles. The highest BCUT2D eigenvalue weighted by molar-refractivity contribution is 5.91. The smallest absolute Gasteiger partial charge is 0.334 e. The normalized spacial score (nSPS) is 19.0. The van der Waals surface area contributed by atoms with Gasteiger partial charge in [0, 0.05) is 19.8 Å². The molecule has 7 nitrogen and oxygen atoms in total. The molecule has 1 fully saturated rings. The van der Waals surface area contributed by atoms with Crippen LogP contribution in [0.5, 0.6) is 0 Å². The summed E-state index contributed by atoms with van der Waals surface area (Å²) in [6.07, 6.45) is 2.24. The molecule has 7 heteroatoms. The second-order valence-electron chi connectivity index (χ2n) is 4.20. The second-order valence-corrected chi connectivity index (χ2v) is 4.20. The van der Waals surface area contributed by atoms with Crippen LogP contribution in [0.15, 0.2) is 24.5 Å². The lowest BCUT2D eigenvalue weighted by molar-refractivity contribution is -0.154. The Morgan fingerprint density at radius 3 is 3.00 bits per heavy atom. The fourth-order valence-electron chi connectivity index (χ4n) is 1.85. The summed E-state index contributed by atoms with van der Waals surface area (Å²) in [5, 5.41) is 8.91. The first-order chi connectivity index (χ1) is 9.09. The van der Waals surface area contributed by atoms with Gasteiger partial charge in [0.25, 0.3) is 0 Å². The van der Waals surface area contributed by atoms with Crippen LogP contribution >= 0.6 is 0 Å². The van der Waals surface area contributed by atoms with Gasteiger partial charge in [-0.3, -0.25) is 9.88 Å². The molecule has 1 saturated heterocycles. The number of aromatic nitrogens is 1. The first-order valence-corrected chi connectivity index (χ1v) is 5.86. The first kappa shape index (κ1) is 13.3. The minimum Gasteiger partial charge on any atom is -0.479 e. The van der Waals surface area contributed by atoms with Gasteiger partial charge >= 0.3 is 12.0 Å². The quantitative estimate of drug-likeness (QED) is 0.838. The highest BCUT2D eigenvalue weighted by Gasteiger charge is 2.30. The Morgan fingerprint density at radius 1 is 1.58 bits per heavy atom. The topological polar surface area (TPSA) is 83.0 Å².